The Morgan fingerprint density at radius 3 is 2.50 bits per heavy atom. The maximum absolute atomic E-state index is 12.8. The molecule has 1 unspecified atom stereocenters. The van der Waals surface area contributed by atoms with Crippen LogP contribution in [0.5, 0.6) is 5.75 Å². The summed E-state index contributed by atoms with van der Waals surface area (Å²) < 4.78 is 23.2. The largest absolute Gasteiger partial charge is 0.478 e. The van der Waals surface area contributed by atoms with Gasteiger partial charge in [-0.15, -0.1) is 0 Å². The fraction of sp³-hybridized carbons (Fsp3) is 0.500. The summed E-state index contributed by atoms with van der Waals surface area (Å²) in [6.07, 6.45) is 0. The van der Waals surface area contributed by atoms with Crippen LogP contribution in [0.2, 0.25) is 0 Å². The second kappa shape index (κ2) is 7.21. The number of hydrogen-bond donors (Lipinski definition) is 2. The van der Waals surface area contributed by atoms with E-state index in [-0.39, 0.29) is 19.0 Å². The van der Waals surface area contributed by atoms with E-state index in [1.165, 1.54) is 31.4 Å². The molecule has 0 aromatic heterocycles. The molecule has 1 aromatic carbocycles. The molecular weight excluding hydrogens is 265 g/mol. The Bertz CT molecular complexity index is 433. The van der Waals surface area contributed by atoms with Crippen molar-refractivity contribution in [3.63, 3.8) is 0 Å². The van der Waals surface area contributed by atoms with Gasteiger partial charge in [-0.05, 0) is 38.1 Å². The molecule has 0 fully saturated rings. The third-order valence-electron chi connectivity index (χ3n) is 2.66. The van der Waals surface area contributed by atoms with Gasteiger partial charge in [0.15, 0.2) is 5.60 Å². The normalized spacial score (nSPS) is 12.8. The minimum absolute atomic E-state index is 0.203. The molecule has 0 radical (unpaired) electrons. The number of halogens is 1. The predicted molar refractivity (Wildman–Crippen MR) is 72.0 cm³/mol. The number of amides is 1. The highest BCUT2D eigenvalue weighted by Gasteiger charge is 2.31. The number of hydrogen-bond acceptors (Lipinski definition) is 4. The SMILES string of the molecule is COCC(CO)NC(=O)C(C)(C)Oc1ccc(F)cc1. The van der Waals surface area contributed by atoms with Gasteiger partial charge in [-0.2, -0.15) is 0 Å². The number of carbonyl (C=O) groups excluding carboxylic acids is 1. The van der Waals surface area contributed by atoms with Crippen LogP contribution in [0.1, 0.15) is 13.8 Å². The van der Waals surface area contributed by atoms with Crippen LogP contribution in [0.15, 0.2) is 24.3 Å². The molecule has 20 heavy (non-hydrogen) atoms. The lowest BCUT2D eigenvalue weighted by Crippen LogP contribution is -2.52. The second-order valence-electron chi connectivity index (χ2n) is 4.87. The minimum Gasteiger partial charge on any atom is -0.478 e. The lowest BCUT2D eigenvalue weighted by molar-refractivity contribution is -0.135. The van der Waals surface area contributed by atoms with Crippen LogP contribution >= 0.6 is 0 Å². The van der Waals surface area contributed by atoms with Crippen molar-refractivity contribution in [3.05, 3.63) is 30.1 Å². The van der Waals surface area contributed by atoms with Gasteiger partial charge < -0.3 is 19.9 Å². The number of ether oxygens (including phenoxy) is 2. The Hall–Kier alpha value is -1.66. The summed E-state index contributed by atoms with van der Waals surface area (Å²) in [6.45, 7) is 3.15. The van der Waals surface area contributed by atoms with Crippen molar-refractivity contribution in [2.24, 2.45) is 0 Å². The van der Waals surface area contributed by atoms with Crippen LogP contribution in [-0.2, 0) is 9.53 Å². The molecule has 5 nitrogen and oxygen atoms in total. The Morgan fingerprint density at radius 1 is 1.40 bits per heavy atom. The number of carbonyl (C=O) groups is 1. The van der Waals surface area contributed by atoms with Gasteiger partial charge in [0, 0.05) is 7.11 Å². The first-order valence-corrected chi connectivity index (χ1v) is 6.24. The van der Waals surface area contributed by atoms with E-state index in [1.807, 2.05) is 0 Å². The average molecular weight is 285 g/mol. The van der Waals surface area contributed by atoms with Crippen molar-refractivity contribution in [3.8, 4) is 5.75 Å². The van der Waals surface area contributed by atoms with E-state index >= 15 is 0 Å². The standard InChI is InChI=1S/C14H20FNO4/c1-14(2,13(18)16-11(8-17)9-19-3)20-12-6-4-10(15)5-7-12/h4-7,11,17H,8-9H2,1-3H3,(H,16,18). The van der Waals surface area contributed by atoms with Crippen molar-refractivity contribution in [2.75, 3.05) is 20.3 Å². The molecule has 1 rings (SSSR count). The van der Waals surface area contributed by atoms with E-state index in [2.05, 4.69) is 5.32 Å². The number of benzene rings is 1. The summed E-state index contributed by atoms with van der Waals surface area (Å²) in [4.78, 5) is 12.1. The van der Waals surface area contributed by atoms with Crippen LogP contribution in [0, 0.1) is 5.82 Å². The lowest BCUT2D eigenvalue weighted by atomic mass is 10.1. The highest BCUT2D eigenvalue weighted by Crippen LogP contribution is 2.19. The molecular formula is C14H20FNO4. The molecule has 2 N–H and O–H groups in total. The molecule has 1 amide bonds. The van der Waals surface area contributed by atoms with Crippen molar-refractivity contribution >= 4 is 5.91 Å². The molecule has 0 aliphatic heterocycles. The summed E-state index contributed by atoms with van der Waals surface area (Å²) in [7, 11) is 1.48. The first-order valence-electron chi connectivity index (χ1n) is 6.24. The molecule has 0 saturated heterocycles. The summed E-state index contributed by atoms with van der Waals surface area (Å²) in [6, 6.07) is 4.91. The molecule has 0 aliphatic rings. The fourth-order valence-corrected chi connectivity index (χ4v) is 1.54. The fourth-order valence-electron chi connectivity index (χ4n) is 1.54. The van der Waals surface area contributed by atoms with Crippen LogP contribution in [0.25, 0.3) is 0 Å². The van der Waals surface area contributed by atoms with Crippen molar-refractivity contribution in [1.82, 2.24) is 5.32 Å². The monoisotopic (exact) mass is 285 g/mol. The number of methoxy groups -OCH3 is 1. The molecule has 0 bridgehead atoms. The topological polar surface area (TPSA) is 67.8 Å². The minimum atomic E-state index is -1.15. The second-order valence-corrected chi connectivity index (χ2v) is 4.87. The third kappa shape index (κ3) is 4.79. The maximum Gasteiger partial charge on any atom is 0.263 e. The van der Waals surface area contributed by atoms with Gasteiger partial charge in [0.2, 0.25) is 0 Å². The summed E-state index contributed by atoms with van der Waals surface area (Å²) in [5.41, 5.74) is -1.15. The zero-order valence-electron chi connectivity index (χ0n) is 11.9. The van der Waals surface area contributed by atoms with Crippen LogP contribution in [0.4, 0.5) is 4.39 Å². The summed E-state index contributed by atoms with van der Waals surface area (Å²) >= 11 is 0. The Morgan fingerprint density at radius 2 is 2.00 bits per heavy atom. The van der Waals surface area contributed by atoms with E-state index in [0.717, 1.165) is 0 Å². The maximum atomic E-state index is 12.8. The molecule has 1 aromatic rings. The van der Waals surface area contributed by atoms with Crippen LogP contribution in [-0.4, -0.2) is 43.0 Å². The lowest BCUT2D eigenvalue weighted by Gasteiger charge is -2.27. The van der Waals surface area contributed by atoms with E-state index in [0.29, 0.717) is 5.75 Å². The Kier molecular flexibility index (Phi) is 5.91. The van der Waals surface area contributed by atoms with E-state index in [4.69, 9.17) is 14.6 Å². The van der Waals surface area contributed by atoms with Gasteiger partial charge in [0.25, 0.3) is 5.91 Å². The zero-order valence-corrected chi connectivity index (χ0v) is 11.9. The third-order valence-corrected chi connectivity index (χ3v) is 2.66. The Balaban J connectivity index is 2.66. The van der Waals surface area contributed by atoms with Gasteiger partial charge in [0.1, 0.15) is 11.6 Å². The molecule has 0 aliphatic carbocycles. The molecule has 0 saturated carbocycles. The molecule has 0 heterocycles. The van der Waals surface area contributed by atoms with Gasteiger partial charge in [-0.3, -0.25) is 4.79 Å². The Labute approximate surface area is 117 Å². The van der Waals surface area contributed by atoms with Gasteiger partial charge >= 0.3 is 0 Å². The smallest absolute Gasteiger partial charge is 0.263 e. The molecule has 1 atom stereocenters. The predicted octanol–water partition coefficient (Wildman–Crippen LogP) is 1.11. The number of nitrogens with one attached hydrogen (secondary N) is 1. The first kappa shape index (κ1) is 16.4. The van der Waals surface area contributed by atoms with Crippen molar-refractivity contribution in [1.29, 1.82) is 0 Å². The zero-order chi connectivity index (χ0) is 15.2. The molecule has 6 heteroatoms. The van der Waals surface area contributed by atoms with Crippen LogP contribution < -0.4 is 10.1 Å². The molecule has 112 valence electrons. The summed E-state index contributed by atoms with van der Waals surface area (Å²) in [5.74, 6) is -0.378. The highest BCUT2D eigenvalue weighted by atomic mass is 19.1. The van der Waals surface area contributed by atoms with Crippen LogP contribution in [0.3, 0.4) is 0 Å². The van der Waals surface area contributed by atoms with Crippen molar-refractivity contribution in [2.45, 2.75) is 25.5 Å². The van der Waals surface area contributed by atoms with E-state index < -0.39 is 17.6 Å². The van der Waals surface area contributed by atoms with E-state index in [9.17, 15) is 9.18 Å². The van der Waals surface area contributed by atoms with Crippen molar-refractivity contribution < 1.29 is 23.8 Å². The van der Waals surface area contributed by atoms with Gasteiger partial charge in [0.05, 0.1) is 19.3 Å². The number of aliphatic hydroxyl groups excluding tert-OH is 1. The average Bonchev–Trinajstić information content (AvgIpc) is 2.40. The van der Waals surface area contributed by atoms with Gasteiger partial charge in [-0.25, -0.2) is 4.39 Å². The summed E-state index contributed by atoms with van der Waals surface area (Å²) in [5, 5.41) is 11.7. The number of aliphatic hydroxyl groups is 1. The van der Waals surface area contributed by atoms with E-state index in [1.54, 1.807) is 13.8 Å². The number of rotatable bonds is 7. The van der Waals surface area contributed by atoms with Gasteiger partial charge in [-0.1, -0.05) is 0 Å². The first-order chi connectivity index (χ1) is 9.39. The molecule has 0 spiro atoms. The highest BCUT2D eigenvalue weighted by molar-refractivity contribution is 5.85. The quantitative estimate of drug-likeness (QED) is 0.787.